The molecule has 26 heavy (non-hydrogen) atoms. The zero-order valence-corrected chi connectivity index (χ0v) is 15.1. The fourth-order valence-corrected chi connectivity index (χ4v) is 3.20. The monoisotopic (exact) mass is 368 g/mol. The lowest BCUT2D eigenvalue weighted by Gasteiger charge is -2.17. The number of aromatic nitrogens is 2. The van der Waals surface area contributed by atoms with E-state index in [2.05, 4.69) is 8.75 Å². The first-order chi connectivity index (χ1) is 12.7. The van der Waals surface area contributed by atoms with Crippen LogP contribution in [0.5, 0.6) is 5.75 Å². The molecule has 1 unspecified atom stereocenters. The number of rotatable bonds is 6. The van der Waals surface area contributed by atoms with Gasteiger partial charge in [0.2, 0.25) is 0 Å². The highest BCUT2D eigenvalue weighted by Crippen LogP contribution is 2.33. The Kier molecular flexibility index (Phi) is 5.41. The maximum Gasteiger partial charge on any atom is 0.318 e. The van der Waals surface area contributed by atoms with Crippen molar-refractivity contribution in [3.05, 3.63) is 53.6 Å². The topological polar surface area (TPSA) is 78.4 Å². The third-order valence-electron chi connectivity index (χ3n) is 3.93. The van der Waals surface area contributed by atoms with Gasteiger partial charge in [0.15, 0.2) is 0 Å². The van der Waals surface area contributed by atoms with Gasteiger partial charge in [0.05, 0.1) is 31.0 Å². The Balaban J connectivity index is 2.08. The Morgan fingerprint density at radius 3 is 2.54 bits per heavy atom. The summed E-state index contributed by atoms with van der Waals surface area (Å²) in [4.78, 5) is 24.4. The van der Waals surface area contributed by atoms with Gasteiger partial charge in [0.25, 0.3) is 0 Å². The maximum absolute atomic E-state index is 12.6. The van der Waals surface area contributed by atoms with E-state index in [1.54, 1.807) is 56.5 Å². The number of carbonyl (C=O) groups is 1. The number of ether oxygens (including phenoxy) is 2. The van der Waals surface area contributed by atoms with Crippen LogP contribution in [-0.4, -0.2) is 34.4 Å². The van der Waals surface area contributed by atoms with E-state index in [-0.39, 0.29) is 12.2 Å². The Morgan fingerprint density at radius 1 is 1.15 bits per heavy atom. The van der Waals surface area contributed by atoms with E-state index in [9.17, 15) is 9.59 Å². The molecule has 132 valence electrons. The smallest absolute Gasteiger partial charge is 0.318 e. The first-order valence-corrected chi connectivity index (χ1v) is 8.69. The molecule has 0 saturated heterocycles. The second-order valence-electron chi connectivity index (χ2n) is 5.44. The number of benzene rings is 2. The quantitative estimate of drug-likeness (QED) is 0.491. The molecule has 3 rings (SSSR count). The van der Waals surface area contributed by atoms with Crippen molar-refractivity contribution in [2.75, 3.05) is 13.7 Å². The number of carbonyl (C=O) groups excluding carboxylic acids is 2. The average molecular weight is 368 g/mol. The fraction of sp³-hybridized carbons (Fsp3) is 0.211. The summed E-state index contributed by atoms with van der Waals surface area (Å²) in [6.45, 7) is 1.94. The van der Waals surface area contributed by atoms with Crippen LogP contribution in [0.4, 0.5) is 0 Å². The summed E-state index contributed by atoms with van der Waals surface area (Å²) in [5.41, 5.74) is 2.80. The molecular weight excluding hydrogens is 352 g/mol. The molecule has 1 heterocycles. The molecule has 1 atom stereocenters. The number of methoxy groups -OCH3 is 1. The van der Waals surface area contributed by atoms with Gasteiger partial charge in [-0.05, 0) is 42.3 Å². The standard InChI is InChI=1S/C19H16N2O4S/c1-3-25-19(23)18(13-6-9-16-17(10-13)21-26-20-16)15(11-22)12-4-7-14(24-2)8-5-12/h4-10,18H,3H2,1-2H3. The molecule has 0 aliphatic heterocycles. The summed E-state index contributed by atoms with van der Waals surface area (Å²) < 4.78 is 18.7. The van der Waals surface area contributed by atoms with Crippen LogP contribution in [-0.2, 0) is 14.3 Å². The lowest BCUT2D eigenvalue weighted by atomic mass is 9.87. The van der Waals surface area contributed by atoms with E-state index >= 15 is 0 Å². The van der Waals surface area contributed by atoms with Crippen molar-refractivity contribution >= 4 is 40.2 Å². The molecule has 0 radical (unpaired) electrons. The number of hydrogen-bond acceptors (Lipinski definition) is 7. The normalized spacial score (nSPS) is 11.6. The van der Waals surface area contributed by atoms with E-state index in [1.807, 2.05) is 5.94 Å². The number of fused-ring (bicyclic) bond motifs is 1. The fourth-order valence-electron chi connectivity index (χ4n) is 2.68. The lowest BCUT2D eigenvalue weighted by molar-refractivity contribution is -0.143. The van der Waals surface area contributed by atoms with Gasteiger partial charge < -0.3 is 9.47 Å². The summed E-state index contributed by atoms with van der Waals surface area (Å²) in [6, 6.07) is 12.2. The van der Waals surface area contributed by atoms with Gasteiger partial charge in [-0.1, -0.05) is 18.2 Å². The van der Waals surface area contributed by atoms with Crippen LogP contribution in [0.3, 0.4) is 0 Å². The zero-order chi connectivity index (χ0) is 18.5. The van der Waals surface area contributed by atoms with E-state index in [0.29, 0.717) is 22.4 Å². The molecule has 0 bridgehead atoms. The predicted molar refractivity (Wildman–Crippen MR) is 98.9 cm³/mol. The summed E-state index contributed by atoms with van der Waals surface area (Å²) in [6.07, 6.45) is 0. The van der Waals surface area contributed by atoms with Gasteiger partial charge in [0.1, 0.15) is 28.6 Å². The number of nitrogens with zero attached hydrogens (tertiary/aromatic N) is 2. The van der Waals surface area contributed by atoms with Crippen molar-refractivity contribution in [2.24, 2.45) is 0 Å². The molecule has 2 aromatic carbocycles. The molecule has 0 fully saturated rings. The first-order valence-electron chi connectivity index (χ1n) is 7.96. The largest absolute Gasteiger partial charge is 0.497 e. The summed E-state index contributed by atoms with van der Waals surface area (Å²) in [5, 5.41) is 0. The lowest BCUT2D eigenvalue weighted by Crippen LogP contribution is -2.18. The van der Waals surface area contributed by atoms with Crippen LogP contribution < -0.4 is 4.74 Å². The summed E-state index contributed by atoms with van der Waals surface area (Å²) >= 11 is 1.09. The minimum absolute atomic E-state index is 0.202. The molecule has 0 aliphatic carbocycles. The molecule has 0 saturated carbocycles. The molecular formula is C19H16N2O4S. The van der Waals surface area contributed by atoms with Crippen LogP contribution in [0.25, 0.3) is 16.6 Å². The predicted octanol–water partition coefficient (Wildman–Crippen LogP) is 3.26. The van der Waals surface area contributed by atoms with Gasteiger partial charge in [-0.3, -0.25) is 4.79 Å². The third-order valence-corrected chi connectivity index (χ3v) is 4.49. The van der Waals surface area contributed by atoms with Crippen molar-refractivity contribution in [2.45, 2.75) is 12.8 Å². The van der Waals surface area contributed by atoms with E-state index in [1.165, 1.54) is 0 Å². The van der Waals surface area contributed by atoms with Gasteiger partial charge >= 0.3 is 5.97 Å². The van der Waals surface area contributed by atoms with E-state index < -0.39 is 11.9 Å². The molecule has 0 amide bonds. The van der Waals surface area contributed by atoms with Gasteiger partial charge in [0, 0.05) is 0 Å². The van der Waals surface area contributed by atoms with Gasteiger partial charge in [-0.15, -0.1) is 0 Å². The SMILES string of the molecule is CCOC(=O)C(C(=C=O)c1ccc(OC)cc1)c1ccc2nsnc2c1. The number of hydrogen-bond donors (Lipinski definition) is 0. The van der Waals surface area contributed by atoms with Gasteiger partial charge in [-0.2, -0.15) is 8.75 Å². The van der Waals surface area contributed by atoms with E-state index in [0.717, 1.165) is 17.2 Å². The zero-order valence-electron chi connectivity index (χ0n) is 14.3. The average Bonchev–Trinajstić information content (AvgIpc) is 3.14. The van der Waals surface area contributed by atoms with E-state index in [4.69, 9.17) is 9.47 Å². The highest BCUT2D eigenvalue weighted by atomic mass is 32.1. The molecule has 0 spiro atoms. The Bertz CT molecular complexity index is 975. The minimum Gasteiger partial charge on any atom is -0.497 e. The molecule has 0 aliphatic rings. The van der Waals surface area contributed by atoms with Crippen molar-refractivity contribution in [1.82, 2.24) is 8.75 Å². The Labute approximate surface area is 154 Å². The molecule has 6 nitrogen and oxygen atoms in total. The third kappa shape index (κ3) is 3.49. The number of esters is 1. The molecule has 1 aromatic heterocycles. The first kappa shape index (κ1) is 17.8. The highest BCUT2D eigenvalue weighted by molar-refractivity contribution is 7.00. The molecule has 7 heteroatoms. The van der Waals surface area contributed by atoms with Crippen LogP contribution in [0, 0.1) is 0 Å². The molecule has 0 N–H and O–H groups in total. The van der Waals surface area contributed by atoms with Gasteiger partial charge in [-0.25, -0.2) is 4.79 Å². The molecule has 3 aromatic rings. The second kappa shape index (κ2) is 7.91. The van der Waals surface area contributed by atoms with Crippen LogP contribution in [0.2, 0.25) is 0 Å². The Hall–Kier alpha value is -3.02. The van der Waals surface area contributed by atoms with Crippen LogP contribution in [0.1, 0.15) is 24.0 Å². The summed E-state index contributed by atoms with van der Waals surface area (Å²) in [5.74, 6) is 1.18. The van der Waals surface area contributed by atoms with Crippen molar-refractivity contribution < 1.29 is 19.1 Å². The maximum atomic E-state index is 12.6. The summed E-state index contributed by atoms with van der Waals surface area (Å²) in [7, 11) is 1.56. The van der Waals surface area contributed by atoms with Crippen molar-refractivity contribution in [1.29, 1.82) is 0 Å². The van der Waals surface area contributed by atoms with Crippen molar-refractivity contribution in [3.8, 4) is 5.75 Å². The van der Waals surface area contributed by atoms with Crippen LogP contribution in [0.15, 0.2) is 42.5 Å². The van der Waals surface area contributed by atoms with Crippen molar-refractivity contribution in [3.63, 3.8) is 0 Å². The second-order valence-corrected chi connectivity index (χ2v) is 5.97. The Morgan fingerprint density at radius 2 is 1.88 bits per heavy atom. The van der Waals surface area contributed by atoms with Crippen LogP contribution >= 0.6 is 11.7 Å². The minimum atomic E-state index is -0.896. The highest BCUT2D eigenvalue weighted by Gasteiger charge is 2.29.